The van der Waals surface area contributed by atoms with Gasteiger partial charge in [-0.25, -0.2) is 4.98 Å². The molecule has 0 atom stereocenters. The predicted octanol–water partition coefficient (Wildman–Crippen LogP) is 2.23. The van der Waals surface area contributed by atoms with Crippen molar-refractivity contribution < 1.29 is 0 Å². The molecule has 0 aliphatic carbocycles. The lowest BCUT2D eigenvalue weighted by molar-refractivity contribution is 0.538. The van der Waals surface area contributed by atoms with Crippen LogP contribution in [0.15, 0.2) is 4.79 Å². The van der Waals surface area contributed by atoms with Gasteiger partial charge in [-0.15, -0.1) is 0 Å². The SMILES string of the molecule is CCc1nc(C(C)(C)C)[nH]c(=O)c1I. The Balaban J connectivity index is 3.38. The maximum absolute atomic E-state index is 11.6. The van der Waals surface area contributed by atoms with E-state index in [0.29, 0.717) is 3.57 Å². The van der Waals surface area contributed by atoms with Gasteiger partial charge in [-0.1, -0.05) is 27.7 Å². The van der Waals surface area contributed by atoms with Gasteiger partial charge in [0.2, 0.25) is 0 Å². The van der Waals surface area contributed by atoms with E-state index < -0.39 is 0 Å². The van der Waals surface area contributed by atoms with Crippen molar-refractivity contribution in [2.24, 2.45) is 0 Å². The minimum Gasteiger partial charge on any atom is -0.309 e. The highest BCUT2D eigenvalue weighted by atomic mass is 127. The first-order valence-corrected chi connectivity index (χ1v) is 5.73. The highest BCUT2D eigenvalue weighted by Gasteiger charge is 2.18. The topological polar surface area (TPSA) is 45.8 Å². The predicted molar refractivity (Wildman–Crippen MR) is 65.7 cm³/mol. The molecule has 0 bridgehead atoms. The normalized spacial score (nSPS) is 11.8. The van der Waals surface area contributed by atoms with E-state index >= 15 is 0 Å². The van der Waals surface area contributed by atoms with E-state index in [9.17, 15) is 4.79 Å². The van der Waals surface area contributed by atoms with E-state index in [1.807, 2.05) is 50.3 Å². The second kappa shape index (κ2) is 4.00. The van der Waals surface area contributed by atoms with Crippen molar-refractivity contribution in [3.05, 3.63) is 25.4 Å². The van der Waals surface area contributed by atoms with Gasteiger partial charge in [0.25, 0.3) is 5.56 Å². The minimum absolute atomic E-state index is 0.0256. The molecule has 0 fully saturated rings. The summed E-state index contributed by atoms with van der Waals surface area (Å²) in [6, 6.07) is 0. The molecule has 1 aromatic heterocycles. The second-order valence-corrected chi connectivity index (χ2v) is 5.36. The van der Waals surface area contributed by atoms with Crippen molar-refractivity contribution in [3.8, 4) is 0 Å². The van der Waals surface area contributed by atoms with Gasteiger partial charge in [-0.3, -0.25) is 4.79 Å². The lowest BCUT2D eigenvalue weighted by Crippen LogP contribution is -2.25. The summed E-state index contributed by atoms with van der Waals surface area (Å²) in [5, 5.41) is 0. The molecule has 0 saturated heterocycles. The lowest BCUT2D eigenvalue weighted by Gasteiger charge is -2.17. The first kappa shape index (κ1) is 11.7. The van der Waals surface area contributed by atoms with Crippen LogP contribution in [0.2, 0.25) is 0 Å². The molecule has 0 aromatic carbocycles. The maximum atomic E-state index is 11.6. The average Bonchev–Trinajstić information content (AvgIpc) is 2.07. The summed E-state index contributed by atoms with van der Waals surface area (Å²) in [6.45, 7) is 8.13. The molecule has 0 radical (unpaired) electrons. The molecule has 1 aromatic rings. The Hall–Kier alpha value is -0.390. The first-order valence-electron chi connectivity index (χ1n) is 4.65. The van der Waals surface area contributed by atoms with E-state index in [0.717, 1.165) is 17.9 Å². The Labute approximate surface area is 97.5 Å². The highest BCUT2D eigenvalue weighted by Crippen LogP contribution is 2.18. The lowest BCUT2D eigenvalue weighted by atomic mass is 9.95. The fourth-order valence-corrected chi connectivity index (χ4v) is 1.73. The van der Waals surface area contributed by atoms with Crippen molar-refractivity contribution in [3.63, 3.8) is 0 Å². The fourth-order valence-electron chi connectivity index (χ4n) is 1.09. The molecule has 0 spiro atoms. The third-order valence-corrected chi connectivity index (χ3v) is 3.09. The first-order chi connectivity index (χ1) is 6.36. The number of H-pyrrole nitrogens is 1. The summed E-state index contributed by atoms with van der Waals surface area (Å²) in [7, 11) is 0. The van der Waals surface area contributed by atoms with Crippen LogP contribution in [-0.2, 0) is 11.8 Å². The van der Waals surface area contributed by atoms with Gasteiger partial charge in [0, 0.05) is 5.41 Å². The van der Waals surface area contributed by atoms with Crippen LogP contribution >= 0.6 is 22.6 Å². The number of rotatable bonds is 1. The van der Waals surface area contributed by atoms with Crippen LogP contribution in [-0.4, -0.2) is 9.97 Å². The molecule has 4 heteroatoms. The number of aromatic nitrogens is 2. The van der Waals surface area contributed by atoms with Gasteiger partial charge in [-0.2, -0.15) is 0 Å². The summed E-state index contributed by atoms with van der Waals surface area (Å²) < 4.78 is 0.707. The molecular formula is C10H15IN2O. The standard InChI is InChI=1S/C10H15IN2O/c1-5-6-7(11)8(14)13-9(12-6)10(2,3)4/h5H2,1-4H3,(H,12,13,14). The van der Waals surface area contributed by atoms with Crippen molar-refractivity contribution in [1.29, 1.82) is 0 Å². The maximum Gasteiger partial charge on any atom is 0.264 e. The summed E-state index contributed by atoms with van der Waals surface area (Å²) >= 11 is 2.04. The molecule has 78 valence electrons. The van der Waals surface area contributed by atoms with Gasteiger partial charge >= 0.3 is 0 Å². The summed E-state index contributed by atoms with van der Waals surface area (Å²) in [5.41, 5.74) is 0.759. The van der Waals surface area contributed by atoms with Crippen LogP contribution in [0.25, 0.3) is 0 Å². The summed E-state index contributed by atoms with van der Waals surface area (Å²) in [6.07, 6.45) is 0.797. The van der Waals surface area contributed by atoms with E-state index in [4.69, 9.17) is 0 Å². The zero-order valence-electron chi connectivity index (χ0n) is 8.94. The number of aryl methyl sites for hydroxylation is 1. The van der Waals surface area contributed by atoms with Crippen LogP contribution in [0.3, 0.4) is 0 Å². The number of nitrogens with one attached hydrogen (secondary N) is 1. The van der Waals surface area contributed by atoms with E-state index in [1.165, 1.54) is 0 Å². The number of nitrogens with zero attached hydrogens (tertiary/aromatic N) is 1. The summed E-state index contributed by atoms with van der Waals surface area (Å²) in [5.74, 6) is 0.764. The largest absolute Gasteiger partial charge is 0.309 e. The molecule has 0 aliphatic rings. The number of halogens is 1. The Morgan fingerprint density at radius 1 is 1.43 bits per heavy atom. The Morgan fingerprint density at radius 3 is 2.43 bits per heavy atom. The van der Waals surface area contributed by atoms with Crippen LogP contribution in [0.1, 0.15) is 39.2 Å². The molecule has 0 unspecified atom stereocenters. The highest BCUT2D eigenvalue weighted by molar-refractivity contribution is 14.1. The molecule has 1 heterocycles. The molecule has 0 saturated carbocycles. The quantitative estimate of drug-likeness (QED) is 0.809. The van der Waals surface area contributed by atoms with Gasteiger partial charge in [0.1, 0.15) is 5.82 Å². The van der Waals surface area contributed by atoms with Crippen LogP contribution in [0.4, 0.5) is 0 Å². The molecule has 1 rings (SSSR count). The smallest absolute Gasteiger partial charge is 0.264 e. The molecule has 14 heavy (non-hydrogen) atoms. The third-order valence-electron chi connectivity index (χ3n) is 1.98. The Morgan fingerprint density at radius 2 is 2.00 bits per heavy atom. The molecular weight excluding hydrogens is 291 g/mol. The van der Waals surface area contributed by atoms with Crippen molar-refractivity contribution in [1.82, 2.24) is 9.97 Å². The number of aromatic amines is 1. The second-order valence-electron chi connectivity index (χ2n) is 4.28. The molecule has 0 amide bonds. The van der Waals surface area contributed by atoms with Crippen molar-refractivity contribution >= 4 is 22.6 Å². The van der Waals surface area contributed by atoms with Crippen LogP contribution < -0.4 is 5.56 Å². The molecule has 1 N–H and O–H groups in total. The number of hydrogen-bond acceptors (Lipinski definition) is 2. The molecule has 0 aliphatic heterocycles. The van der Waals surface area contributed by atoms with Gasteiger partial charge in [0.15, 0.2) is 0 Å². The van der Waals surface area contributed by atoms with Crippen molar-refractivity contribution in [2.45, 2.75) is 39.5 Å². The van der Waals surface area contributed by atoms with E-state index in [-0.39, 0.29) is 11.0 Å². The number of hydrogen-bond donors (Lipinski definition) is 1. The fraction of sp³-hybridized carbons (Fsp3) is 0.600. The van der Waals surface area contributed by atoms with Gasteiger partial charge < -0.3 is 4.98 Å². The summed E-state index contributed by atoms with van der Waals surface area (Å²) in [4.78, 5) is 18.8. The third kappa shape index (κ3) is 2.34. The van der Waals surface area contributed by atoms with Crippen LogP contribution in [0.5, 0.6) is 0 Å². The zero-order valence-corrected chi connectivity index (χ0v) is 11.1. The minimum atomic E-state index is -0.104. The van der Waals surface area contributed by atoms with Gasteiger partial charge in [-0.05, 0) is 29.0 Å². The zero-order chi connectivity index (χ0) is 10.9. The van der Waals surface area contributed by atoms with Crippen molar-refractivity contribution in [2.75, 3.05) is 0 Å². The Bertz CT molecular complexity index is 390. The molecule has 3 nitrogen and oxygen atoms in total. The van der Waals surface area contributed by atoms with Crippen LogP contribution in [0, 0.1) is 3.57 Å². The van der Waals surface area contributed by atoms with Gasteiger partial charge in [0.05, 0.1) is 9.26 Å². The average molecular weight is 306 g/mol. The van der Waals surface area contributed by atoms with E-state index in [2.05, 4.69) is 9.97 Å². The van der Waals surface area contributed by atoms with E-state index in [1.54, 1.807) is 0 Å². The Kier molecular flexibility index (Phi) is 3.34. The monoisotopic (exact) mass is 306 g/mol.